The van der Waals surface area contributed by atoms with E-state index in [0.717, 1.165) is 24.0 Å². The summed E-state index contributed by atoms with van der Waals surface area (Å²) in [5.41, 5.74) is 2.97. The highest BCUT2D eigenvalue weighted by Gasteiger charge is 2.10. The van der Waals surface area contributed by atoms with Gasteiger partial charge in [-0.3, -0.25) is 0 Å². The molecule has 0 saturated carbocycles. The Morgan fingerprint density at radius 1 is 0.800 bits per heavy atom. The van der Waals surface area contributed by atoms with Gasteiger partial charge in [0.15, 0.2) is 0 Å². The molecule has 2 aromatic rings. The molecule has 2 N–H and O–H groups in total. The van der Waals surface area contributed by atoms with Gasteiger partial charge in [0.05, 0.1) is 0 Å². The number of aromatic hydroxyl groups is 2. The van der Waals surface area contributed by atoms with Crippen molar-refractivity contribution in [3.05, 3.63) is 59.2 Å². The summed E-state index contributed by atoms with van der Waals surface area (Å²) in [5.74, 6) is 0.609. The Balaban J connectivity index is 2.23. The Morgan fingerprint density at radius 2 is 1.50 bits per heavy atom. The molecule has 106 valence electrons. The second-order valence-electron chi connectivity index (χ2n) is 5.18. The first-order chi connectivity index (χ1) is 9.72. The maximum atomic E-state index is 10.1. The number of aryl methyl sites for hydroxylation is 1. The zero-order valence-corrected chi connectivity index (χ0v) is 12.0. The van der Waals surface area contributed by atoms with Crippen LogP contribution in [0.15, 0.2) is 42.5 Å². The number of phenolic OH excluding ortho intramolecular Hbond substituents is 2. The van der Waals surface area contributed by atoms with E-state index in [4.69, 9.17) is 0 Å². The van der Waals surface area contributed by atoms with Crippen LogP contribution in [0, 0.1) is 0 Å². The highest BCUT2D eigenvalue weighted by atomic mass is 16.3. The molecule has 0 radical (unpaired) electrons. The average Bonchev–Trinajstić information content (AvgIpc) is 2.44. The molecule has 0 bridgehead atoms. The zero-order valence-electron chi connectivity index (χ0n) is 12.0. The Hall–Kier alpha value is -1.96. The van der Waals surface area contributed by atoms with Crippen molar-refractivity contribution in [2.24, 2.45) is 0 Å². The summed E-state index contributed by atoms with van der Waals surface area (Å²) in [7, 11) is 0. The number of benzene rings is 2. The van der Waals surface area contributed by atoms with E-state index in [9.17, 15) is 10.2 Å². The molecule has 2 aromatic carbocycles. The summed E-state index contributed by atoms with van der Waals surface area (Å²) in [6.07, 6.45) is 5.07. The largest absolute Gasteiger partial charge is 0.508 e. The fraction of sp³-hybridized carbons (Fsp3) is 0.333. The minimum atomic E-state index is 0.287. The second kappa shape index (κ2) is 6.99. The first-order valence-electron chi connectivity index (χ1n) is 7.29. The first kappa shape index (κ1) is 14.4. The van der Waals surface area contributed by atoms with Crippen molar-refractivity contribution in [1.29, 1.82) is 0 Å². The minimum absolute atomic E-state index is 0.287. The fourth-order valence-electron chi connectivity index (χ4n) is 2.48. The lowest BCUT2D eigenvalue weighted by Gasteiger charge is -2.12. The molecule has 0 fully saturated rings. The van der Waals surface area contributed by atoms with Crippen LogP contribution in [0.5, 0.6) is 11.5 Å². The molecule has 0 spiro atoms. The van der Waals surface area contributed by atoms with Crippen LogP contribution in [0.4, 0.5) is 0 Å². The summed E-state index contributed by atoms with van der Waals surface area (Å²) in [5, 5.41) is 20.0. The molecule has 0 amide bonds. The molecule has 0 heterocycles. The summed E-state index contributed by atoms with van der Waals surface area (Å²) in [6.45, 7) is 2.19. The third-order valence-corrected chi connectivity index (χ3v) is 3.66. The fourth-order valence-corrected chi connectivity index (χ4v) is 2.48. The summed E-state index contributed by atoms with van der Waals surface area (Å²) < 4.78 is 0. The number of rotatable bonds is 6. The Kier molecular flexibility index (Phi) is 5.05. The van der Waals surface area contributed by atoms with Gasteiger partial charge < -0.3 is 10.2 Å². The van der Waals surface area contributed by atoms with Crippen molar-refractivity contribution in [3.8, 4) is 11.5 Å². The third-order valence-electron chi connectivity index (χ3n) is 3.66. The molecule has 0 aliphatic rings. The van der Waals surface area contributed by atoms with Crippen molar-refractivity contribution in [1.82, 2.24) is 0 Å². The van der Waals surface area contributed by atoms with Crippen LogP contribution in [0.1, 0.15) is 42.9 Å². The standard InChI is InChI=1S/C18H22O2/c1-2-3-4-8-14-10-7-12-18(20)16(14)13-15-9-5-6-11-17(15)19/h5-7,9-12,19-20H,2-4,8,13H2,1H3. The summed E-state index contributed by atoms with van der Waals surface area (Å²) >= 11 is 0. The molecule has 0 atom stereocenters. The monoisotopic (exact) mass is 270 g/mol. The molecule has 0 aliphatic carbocycles. The van der Waals surface area contributed by atoms with Crippen LogP contribution in [-0.4, -0.2) is 10.2 Å². The maximum absolute atomic E-state index is 10.1. The molecule has 0 aromatic heterocycles. The van der Waals surface area contributed by atoms with Gasteiger partial charge in [-0.25, -0.2) is 0 Å². The normalized spacial score (nSPS) is 10.7. The lowest BCUT2D eigenvalue weighted by Crippen LogP contribution is -1.97. The van der Waals surface area contributed by atoms with Gasteiger partial charge in [-0.2, -0.15) is 0 Å². The molecule has 0 aliphatic heterocycles. The van der Waals surface area contributed by atoms with Crippen molar-refractivity contribution in [3.63, 3.8) is 0 Å². The number of hydrogen-bond donors (Lipinski definition) is 2. The predicted octanol–water partition coefficient (Wildman–Crippen LogP) is 4.42. The lowest BCUT2D eigenvalue weighted by atomic mass is 9.95. The molecule has 0 saturated heterocycles. The van der Waals surface area contributed by atoms with E-state index in [1.165, 1.54) is 18.4 Å². The highest BCUT2D eigenvalue weighted by molar-refractivity contribution is 5.45. The van der Waals surface area contributed by atoms with Crippen molar-refractivity contribution < 1.29 is 10.2 Å². The molecular formula is C18H22O2. The van der Waals surface area contributed by atoms with E-state index in [-0.39, 0.29) is 5.75 Å². The van der Waals surface area contributed by atoms with E-state index in [1.54, 1.807) is 12.1 Å². The number of phenols is 2. The molecule has 2 heteroatoms. The Morgan fingerprint density at radius 3 is 2.25 bits per heavy atom. The third kappa shape index (κ3) is 3.53. The lowest BCUT2D eigenvalue weighted by molar-refractivity contribution is 0.462. The summed E-state index contributed by atoms with van der Waals surface area (Å²) in [4.78, 5) is 0. The van der Waals surface area contributed by atoms with E-state index in [2.05, 4.69) is 13.0 Å². The number of para-hydroxylation sites is 1. The minimum Gasteiger partial charge on any atom is -0.508 e. The smallest absolute Gasteiger partial charge is 0.119 e. The van der Waals surface area contributed by atoms with E-state index in [1.807, 2.05) is 24.3 Å². The quantitative estimate of drug-likeness (QED) is 0.763. The topological polar surface area (TPSA) is 40.5 Å². The van der Waals surface area contributed by atoms with Crippen molar-refractivity contribution >= 4 is 0 Å². The highest BCUT2D eigenvalue weighted by Crippen LogP contribution is 2.28. The van der Waals surface area contributed by atoms with Gasteiger partial charge in [0.25, 0.3) is 0 Å². The van der Waals surface area contributed by atoms with E-state index < -0.39 is 0 Å². The Labute approximate surface area is 120 Å². The second-order valence-corrected chi connectivity index (χ2v) is 5.18. The van der Waals surface area contributed by atoms with Gasteiger partial charge >= 0.3 is 0 Å². The SMILES string of the molecule is CCCCCc1cccc(O)c1Cc1ccccc1O. The van der Waals surface area contributed by atoms with Gasteiger partial charge in [0.2, 0.25) is 0 Å². The van der Waals surface area contributed by atoms with Crippen LogP contribution in [0.2, 0.25) is 0 Å². The van der Waals surface area contributed by atoms with Gasteiger partial charge in [0, 0.05) is 12.0 Å². The van der Waals surface area contributed by atoms with Crippen LogP contribution >= 0.6 is 0 Å². The number of unbranched alkanes of at least 4 members (excludes halogenated alkanes) is 2. The zero-order chi connectivity index (χ0) is 14.4. The van der Waals surface area contributed by atoms with Crippen molar-refractivity contribution in [2.75, 3.05) is 0 Å². The molecule has 20 heavy (non-hydrogen) atoms. The molecule has 0 unspecified atom stereocenters. The van der Waals surface area contributed by atoms with Gasteiger partial charge in [-0.15, -0.1) is 0 Å². The average molecular weight is 270 g/mol. The molecular weight excluding hydrogens is 248 g/mol. The van der Waals surface area contributed by atoms with Crippen LogP contribution < -0.4 is 0 Å². The maximum Gasteiger partial charge on any atom is 0.119 e. The van der Waals surface area contributed by atoms with Gasteiger partial charge in [-0.1, -0.05) is 50.1 Å². The van der Waals surface area contributed by atoms with Crippen LogP contribution in [-0.2, 0) is 12.8 Å². The number of hydrogen-bond acceptors (Lipinski definition) is 2. The summed E-state index contributed by atoms with van der Waals surface area (Å²) in [6, 6.07) is 13.0. The molecule has 2 rings (SSSR count). The first-order valence-corrected chi connectivity index (χ1v) is 7.29. The predicted molar refractivity (Wildman–Crippen MR) is 82.2 cm³/mol. The Bertz CT molecular complexity index is 561. The van der Waals surface area contributed by atoms with Gasteiger partial charge in [0.1, 0.15) is 11.5 Å². The van der Waals surface area contributed by atoms with Crippen LogP contribution in [0.3, 0.4) is 0 Å². The van der Waals surface area contributed by atoms with E-state index >= 15 is 0 Å². The molecule has 2 nitrogen and oxygen atoms in total. The van der Waals surface area contributed by atoms with Gasteiger partial charge in [-0.05, 0) is 36.1 Å². The van der Waals surface area contributed by atoms with E-state index in [0.29, 0.717) is 12.2 Å². The van der Waals surface area contributed by atoms with Crippen molar-refractivity contribution in [2.45, 2.75) is 39.0 Å². The van der Waals surface area contributed by atoms with Crippen LogP contribution in [0.25, 0.3) is 0 Å².